The Hall–Kier alpha value is 1.25. The van der Waals surface area contributed by atoms with Crippen molar-refractivity contribution >= 4 is 20.2 Å². The fraction of sp³-hybridized carbons (Fsp3) is 0. The average molecular weight is 271 g/mol. The first-order valence-electron chi connectivity index (χ1n) is 0.667. The second kappa shape index (κ2) is 12.0. The van der Waals surface area contributed by atoms with Gasteiger partial charge in [0.25, 0.3) is 0 Å². The Kier molecular flexibility index (Phi) is 42.3. The summed E-state index contributed by atoms with van der Waals surface area (Å²) in [5, 5.41) is 0. The maximum atomic E-state index is 8.89. The van der Waals surface area contributed by atoms with Crippen LogP contribution in [0.5, 0.6) is 0 Å². The third-order valence-electron chi connectivity index (χ3n) is 0. The van der Waals surface area contributed by atoms with Crippen molar-refractivity contribution in [1.29, 1.82) is 0 Å². The molecule has 0 saturated carbocycles. The average Bonchev–Trinajstić information content (AvgIpc) is 0.722. The molecule has 0 aromatic carbocycles. The topological polar surface area (TPSA) is 130 Å². The summed E-state index contributed by atoms with van der Waals surface area (Å²) in [5.41, 5.74) is 0. The van der Waals surface area contributed by atoms with E-state index in [1.807, 2.05) is 0 Å². The molecule has 5 nitrogen and oxygen atoms in total. The van der Waals surface area contributed by atoms with Crippen molar-refractivity contribution in [3.63, 3.8) is 0 Å². The molecule has 0 spiro atoms. The van der Waals surface area contributed by atoms with Crippen molar-refractivity contribution in [2.75, 3.05) is 0 Å². The van der Waals surface area contributed by atoms with Crippen LogP contribution >= 0.6 is 0 Å². The molecule has 66 valence electrons. The second-order valence-electron chi connectivity index (χ2n) is 0.408. The first-order chi connectivity index (χ1) is 2.00. The first-order valence-corrected chi connectivity index (χ1v) is 3.00. The van der Waals surface area contributed by atoms with Crippen LogP contribution in [0.4, 0.5) is 0 Å². The quantitative estimate of drug-likeness (QED) is 0.591. The van der Waals surface area contributed by atoms with Gasteiger partial charge in [0.15, 0.2) is 0 Å². The monoisotopic (exact) mass is 270 g/mol. The van der Waals surface area contributed by atoms with Crippen molar-refractivity contribution in [1.82, 2.24) is 0 Å². The molecule has 0 aliphatic carbocycles. The molecule has 2 radical (unpaired) electrons. The summed E-state index contributed by atoms with van der Waals surface area (Å²) < 4.78 is 26.7. The molecule has 0 fully saturated rings. The molecule has 0 aliphatic rings. The van der Waals surface area contributed by atoms with E-state index in [4.69, 9.17) is 13.3 Å². The molecule has 4 N–H and O–H groups in total. The number of rotatable bonds is 0. The molecule has 0 aromatic heterocycles. The van der Waals surface area contributed by atoms with Crippen LogP contribution in [0.15, 0.2) is 0 Å². The normalized spacial score (nSPS) is 6.44. The summed E-state index contributed by atoms with van der Waals surface area (Å²) in [6.45, 7) is 0. The molecule has 0 aromatic rings. The van der Waals surface area contributed by atoms with Crippen LogP contribution in [0.2, 0.25) is 0 Å². The van der Waals surface area contributed by atoms with Gasteiger partial charge in [0.1, 0.15) is 0 Å². The maximum absolute atomic E-state index is 8.89. The third kappa shape index (κ3) is 312. The van der Waals surface area contributed by atoms with Crippen LogP contribution in [0.25, 0.3) is 12.3 Å². The zero-order valence-corrected chi connectivity index (χ0v) is 7.32. The Morgan fingerprint density at radius 1 is 1.11 bits per heavy atom. The van der Waals surface area contributed by atoms with Gasteiger partial charge in [-0.2, -0.15) is 0 Å². The molecule has 0 bridgehead atoms. The Morgan fingerprint density at radius 2 is 1.11 bits per heavy atom. The van der Waals surface area contributed by atoms with Crippen LogP contribution in [-0.4, -0.2) is 13.3 Å². The van der Waals surface area contributed by atoms with E-state index in [1.165, 1.54) is 0 Å². The molecular formula is H4Cu2N2O3S2. The molecule has 0 heterocycles. The second-order valence-corrected chi connectivity index (χ2v) is 2.45. The van der Waals surface area contributed by atoms with Gasteiger partial charge >= 0.3 is 34.1 Å². The SMILES string of the molecule is O=S([O-])([O-])=S.[Cu+2].[Cu+2].[NH2-].[NH2-]. The Morgan fingerprint density at radius 3 is 1.11 bits per heavy atom. The van der Waals surface area contributed by atoms with Crippen molar-refractivity contribution < 1.29 is 47.5 Å². The van der Waals surface area contributed by atoms with Crippen LogP contribution in [0.1, 0.15) is 0 Å². The third-order valence-corrected chi connectivity index (χ3v) is 0. The van der Waals surface area contributed by atoms with Crippen LogP contribution in [0, 0.1) is 0 Å². The number of hydrogen-bond donors (Lipinski definition) is 0. The minimum absolute atomic E-state index is 0. The van der Waals surface area contributed by atoms with E-state index in [1.54, 1.807) is 0 Å². The van der Waals surface area contributed by atoms with E-state index in [2.05, 4.69) is 11.2 Å². The standard InChI is InChI=1S/2Cu.2H2N.H2O3S2/c;;;;1-5(2,3)4/h;;2*1H2;(H2,1,2,3,4)/q2*+2;2*-1;/p-2. The minimum Gasteiger partial charge on any atom is -0.780 e. The summed E-state index contributed by atoms with van der Waals surface area (Å²) >= 11 is 3.24. The molecule has 9 heavy (non-hydrogen) atoms. The zero-order valence-electron chi connectivity index (χ0n) is 3.80. The van der Waals surface area contributed by atoms with Gasteiger partial charge in [0.05, 0.1) is 0 Å². The van der Waals surface area contributed by atoms with E-state index in [9.17, 15) is 0 Å². The van der Waals surface area contributed by atoms with Crippen molar-refractivity contribution in [2.24, 2.45) is 0 Å². The van der Waals surface area contributed by atoms with Gasteiger partial charge in [0, 0.05) is 0 Å². The molecule has 0 saturated heterocycles. The first kappa shape index (κ1) is 31.8. The Labute approximate surface area is 79.8 Å². The molecule has 0 unspecified atom stereocenters. The molecule has 0 rings (SSSR count). The predicted octanol–water partition coefficient (Wildman–Crippen LogP) is 0.423. The molecule has 0 atom stereocenters. The van der Waals surface area contributed by atoms with Gasteiger partial charge < -0.3 is 21.4 Å². The molecule has 0 aliphatic heterocycles. The summed E-state index contributed by atoms with van der Waals surface area (Å²) in [4.78, 5) is 0. The van der Waals surface area contributed by atoms with Gasteiger partial charge in [-0.25, -0.2) is 0 Å². The smallest absolute Gasteiger partial charge is 0.780 e. The van der Waals surface area contributed by atoms with Gasteiger partial charge in [-0.05, 0) is 11.2 Å². The maximum Gasteiger partial charge on any atom is 2.00 e. The van der Waals surface area contributed by atoms with Crippen LogP contribution < -0.4 is 0 Å². The Balaban J connectivity index is -0.0000000133. The van der Waals surface area contributed by atoms with Crippen LogP contribution in [-0.2, 0) is 54.4 Å². The predicted molar refractivity (Wildman–Crippen MR) is 27.6 cm³/mol. The fourth-order valence-electron chi connectivity index (χ4n) is 0. The van der Waals surface area contributed by atoms with Gasteiger partial charge in [-0.1, -0.05) is 0 Å². The number of hydrogen-bond acceptors (Lipinski definition) is 4. The van der Waals surface area contributed by atoms with Crippen molar-refractivity contribution in [2.45, 2.75) is 0 Å². The van der Waals surface area contributed by atoms with E-state index < -0.39 is 9.05 Å². The van der Waals surface area contributed by atoms with Crippen molar-refractivity contribution in [3.8, 4) is 0 Å². The summed E-state index contributed by atoms with van der Waals surface area (Å²) in [6.07, 6.45) is 0. The molecule has 9 heteroatoms. The van der Waals surface area contributed by atoms with E-state index in [-0.39, 0.29) is 46.4 Å². The fourth-order valence-corrected chi connectivity index (χ4v) is 0. The molecular weight excluding hydrogens is 267 g/mol. The molecule has 0 amide bonds. The van der Waals surface area contributed by atoms with E-state index in [0.717, 1.165) is 0 Å². The minimum atomic E-state index is -4.33. The van der Waals surface area contributed by atoms with E-state index in [0.29, 0.717) is 0 Å². The van der Waals surface area contributed by atoms with Gasteiger partial charge in [-0.15, -0.1) is 9.05 Å². The number of nitrogens with two attached hydrogens (primary N) is 2. The summed E-state index contributed by atoms with van der Waals surface area (Å²) in [7, 11) is -4.33. The van der Waals surface area contributed by atoms with Gasteiger partial charge in [0.2, 0.25) is 0 Å². The zero-order chi connectivity index (χ0) is 4.50. The largest absolute Gasteiger partial charge is 2.00 e. The van der Waals surface area contributed by atoms with Crippen molar-refractivity contribution in [3.05, 3.63) is 12.3 Å². The Bertz CT molecular complexity index is 101. The van der Waals surface area contributed by atoms with E-state index >= 15 is 0 Å². The van der Waals surface area contributed by atoms with Crippen LogP contribution in [0.3, 0.4) is 0 Å². The summed E-state index contributed by atoms with van der Waals surface area (Å²) in [6, 6.07) is 0. The summed E-state index contributed by atoms with van der Waals surface area (Å²) in [5.74, 6) is 0. The van der Waals surface area contributed by atoms with Gasteiger partial charge in [-0.3, -0.25) is 4.21 Å².